The highest BCUT2D eigenvalue weighted by Crippen LogP contribution is 2.26. The topological polar surface area (TPSA) is 47.0 Å². The molecule has 1 aromatic carbocycles. The molecule has 0 aliphatic heterocycles. The first-order valence-corrected chi connectivity index (χ1v) is 6.47. The Balaban J connectivity index is 2.04. The first-order valence-electron chi connectivity index (χ1n) is 5.66. The van der Waals surface area contributed by atoms with Gasteiger partial charge in [0.05, 0.1) is 0 Å². The number of rotatable bonds is 5. The molecule has 1 heterocycles. The lowest BCUT2D eigenvalue weighted by atomic mass is 10.2. The smallest absolute Gasteiger partial charge is 0.299 e. The Kier molecular flexibility index (Phi) is 4.22. The normalized spacial score (nSPS) is 10.6. The first kappa shape index (κ1) is 12.9. The van der Waals surface area contributed by atoms with Gasteiger partial charge in [-0.2, -0.15) is 0 Å². The molecule has 0 atom stereocenters. The minimum absolute atomic E-state index is 0.287. The Labute approximate surface area is 109 Å². The van der Waals surface area contributed by atoms with E-state index in [1.165, 1.54) is 17.4 Å². The third-order valence-electron chi connectivity index (χ3n) is 2.32. The van der Waals surface area contributed by atoms with Gasteiger partial charge in [-0.1, -0.05) is 29.4 Å². The first-order chi connectivity index (χ1) is 8.69. The van der Waals surface area contributed by atoms with Crippen molar-refractivity contribution in [3.05, 3.63) is 34.6 Å². The molecule has 0 saturated carbocycles. The molecule has 18 heavy (non-hydrogen) atoms. The van der Waals surface area contributed by atoms with Crippen molar-refractivity contribution in [1.29, 1.82) is 0 Å². The Morgan fingerprint density at radius 1 is 1.39 bits per heavy atom. The van der Waals surface area contributed by atoms with Crippen LogP contribution in [0.2, 0.25) is 0 Å². The number of ether oxygens (including phenoxy) is 1. The highest BCUT2D eigenvalue weighted by molar-refractivity contribution is 7.13. The van der Waals surface area contributed by atoms with Crippen molar-refractivity contribution in [3.8, 4) is 10.9 Å². The molecule has 0 amide bonds. The number of hydrogen-bond acceptors (Lipinski definition) is 5. The molecule has 2 aromatic rings. The zero-order valence-corrected chi connectivity index (χ0v) is 11.1. The van der Waals surface area contributed by atoms with Gasteiger partial charge in [-0.05, 0) is 25.1 Å². The lowest BCUT2D eigenvalue weighted by Gasteiger charge is -2.02. The molecule has 0 unspecified atom stereocenters. The second kappa shape index (κ2) is 5.88. The summed E-state index contributed by atoms with van der Waals surface area (Å²) in [5.41, 5.74) is 0.590. The molecule has 96 valence electrons. The van der Waals surface area contributed by atoms with Gasteiger partial charge in [-0.15, -0.1) is 5.10 Å². The summed E-state index contributed by atoms with van der Waals surface area (Å²) in [6.07, 6.45) is 0. The molecule has 0 spiro atoms. The van der Waals surface area contributed by atoms with Gasteiger partial charge in [-0.3, -0.25) is 0 Å². The fraction of sp³-hybridized carbons (Fsp3) is 0.333. The number of nitrogens with zero attached hydrogens (tertiary/aromatic N) is 2. The summed E-state index contributed by atoms with van der Waals surface area (Å²) >= 11 is 1.35. The highest BCUT2D eigenvalue weighted by Gasteiger charge is 2.07. The highest BCUT2D eigenvalue weighted by atomic mass is 32.1. The SMILES string of the molecule is CCNCc1nnc(Oc2ccc(C)c(F)c2)s1. The Morgan fingerprint density at radius 2 is 2.22 bits per heavy atom. The molecule has 0 radical (unpaired) electrons. The molecule has 0 aliphatic rings. The third-order valence-corrected chi connectivity index (χ3v) is 3.12. The Hall–Kier alpha value is -1.53. The second-order valence-corrected chi connectivity index (χ2v) is 4.78. The quantitative estimate of drug-likeness (QED) is 0.905. The summed E-state index contributed by atoms with van der Waals surface area (Å²) in [5, 5.41) is 12.3. The fourth-order valence-electron chi connectivity index (χ4n) is 1.32. The maximum absolute atomic E-state index is 13.3. The predicted octanol–water partition coefficient (Wildman–Crippen LogP) is 2.89. The van der Waals surface area contributed by atoms with Crippen LogP contribution in [0.5, 0.6) is 10.9 Å². The van der Waals surface area contributed by atoms with Crippen molar-refractivity contribution in [2.45, 2.75) is 20.4 Å². The van der Waals surface area contributed by atoms with Crippen molar-refractivity contribution in [1.82, 2.24) is 15.5 Å². The molecular weight excluding hydrogens is 253 g/mol. The van der Waals surface area contributed by atoms with Crippen LogP contribution >= 0.6 is 11.3 Å². The number of aromatic nitrogens is 2. The van der Waals surface area contributed by atoms with Gasteiger partial charge >= 0.3 is 0 Å². The van der Waals surface area contributed by atoms with E-state index in [2.05, 4.69) is 15.5 Å². The number of nitrogens with one attached hydrogen (secondary N) is 1. The van der Waals surface area contributed by atoms with Crippen LogP contribution in [0.4, 0.5) is 4.39 Å². The van der Waals surface area contributed by atoms with Crippen molar-refractivity contribution in [2.24, 2.45) is 0 Å². The van der Waals surface area contributed by atoms with Crippen LogP contribution in [-0.4, -0.2) is 16.7 Å². The van der Waals surface area contributed by atoms with E-state index >= 15 is 0 Å². The molecule has 0 fully saturated rings. The monoisotopic (exact) mass is 267 g/mol. The zero-order chi connectivity index (χ0) is 13.0. The van der Waals surface area contributed by atoms with Crippen LogP contribution in [-0.2, 0) is 6.54 Å². The van der Waals surface area contributed by atoms with E-state index < -0.39 is 0 Å². The molecule has 1 N–H and O–H groups in total. The fourth-order valence-corrected chi connectivity index (χ4v) is 2.00. The lowest BCUT2D eigenvalue weighted by molar-refractivity contribution is 0.467. The maximum Gasteiger partial charge on any atom is 0.299 e. The zero-order valence-electron chi connectivity index (χ0n) is 10.2. The minimum atomic E-state index is -0.287. The average Bonchev–Trinajstić information content (AvgIpc) is 2.79. The predicted molar refractivity (Wildman–Crippen MR) is 68.5 cm³/mol. The van der Waals surface area contributed by atoms with Gasteiger partial charge in [0.1, 0.15) is 16.6 Å². The lowest BCUT2D eigenvalue weighted by Crippen LogP contribution is -2.11. The van der Waals surface area contributed by atoms with Crippen LogP contribution in [0.1, 0.15) is 17.5 Å². The molecule has 6 heteroatoms. The van der Waals surface area contributed by atoms with Gasteiger partial charge in [0.2, 0.25) is 0 Å². The van der Waals surface area contributed by atoms with E-state index in [1.54, 1.807) is 19.1 Å². The summed E-state index contributed by atoms with van der Waals surface area (Å²) in [6, 6.07) is 4.73. The largest absolute Gasteiger partial charge is 0.430 e. The summed E-state index contributed by atoms with van der Waals surface area (Å²) < 4.78 is 18.8. The van der Waals surface area contributed by atoms with E-state index in [9.17, 15) is 4.39 Å². The third kappa shape index (κ3) is 3.24. The van der Waals surface area contributed by atoms with Gasteiger partial charge < -0.3 is 10.1 Å². The van der Waals surface area contributed by atoms with Gasteiger partial charge in [0, 0.05) is 12.6 Å². The average molecular weight is 267 g/mol. The van der Waals surface area contributed by atoms with E-state index in [0.29, 0.717) is 23.1 Å². The summed E-state index contributed by atoms with van der Waals surface area (Å²) in [7, 11) is 0. The van der Waals surface area contributed by atoms with E-state index in [0.717, 1.165) is 11.6 Å². The van der Waals surface area contributed by atoms with Gasteiger partial charge in [0.25, 0.3) is 5.19 Å². The number of aryl methyl sites for hydroxylation is 1. The van der Waals surface area contributed by atoms with Gasteiger partial charge in [0.15, 0.2) is 0 Å². The van der Waals surface area contributed by atoms with Crippen LogP contribution in [0, 0.1) is 12.7 Å². The van der Waals surface area contributed by atoms with Crippen molar-refractivity contribution < 1.29 is 9.13 Å². The van der Waals surface area contributed by atoms with Crippen molar-refractivity contribution in [2.75, 3.05) is 6.54 Å². The molecule has 2 rings (SSSR count). The van der Waals surface area contributed by atoms with E-state index in [-0.39, 0.29) is 5.82 Å². The number of benzene rings is 1. The number of halogens is 1. The molecule has 0 aliphatic carbocycles. The van der Waals surface area contributed by atoms with E-state index in [4.69, 9.17) is 4.74 Å². The van der Waals surface area contributed by atoms with E-state index in [1.807, 2.05) is 6.92 Å². The van der Waals surface area contributed by atoms with Crippen molar-refractivity contribution >= 4 is 11.3 Å². The van der Waals surface area contributed by atoms with Crippen LogP contribution in [0.3, 0.4) is 0 Å². The second-order valence-electron chi connectivity index (χ2n) is 3.76. The summed E-state index contributed by atoms with van der Waals surface area (Å²) in [6.45, 7) is 5.27. The van der Waals surface area contributed by atoms with Crippen LogP contribution in [0.15, 0.2) is 18.2 Å². The molecule has 0 saturated heterocycles. The molecule has 4 nitrogen and oxygen atoms in total. The number of hydrogen-bond donors (Lipinski definition) is 1. The standard InChI is InChI=1S/C12H14FN3OS/c1-3-14-7-11-15-16-12(18-11)17-9-5-4-8(2)10(13)6-9/h4-6,14H,3,7H2,1-2H3. The van der Waals surface area contributed by atoms with Crippen LogP contribution in [0.25, 0.3) is 0 Å². The summed E-state index contributed by atoms with van der Waals surface area (Å²) in [5.74, 6) is 0.147. The van der Waals surface area contributed by atoms with Crippen LogP contribution < -0.4 is 10.1 Å². The summed E-state index contributed by atoms with van der Waals surface area (Å²) in [4.78, 5) is 0. The maximum atomic E-state index is 13.3. The Morgan fingerprint density at radius 3 is 2.94 bits per heavy atom. The van der Waals surface area contributed by atoms with Gasteiger partial charge in [-0.25, -0.2) is 4.39 Å². The molecule has 0 bridgehead atoms. The van der Waals surface area contributed by atoms with Crippen molar-refractivity contribution in [3.63, 3.8) is 0 Å². The Bertz CT molecular complexity index is 530. The molecule has 1 aromatic heterocycles. The molecular formula is C12H14FN3OS. The minimum Gasteiger partial charge on any atom is -0.430 e.